The van der Waals surface area contributed by atoms with Crippen molar-refractivity contribution in [2.24, 2.45) is 0 Å². The summed E-state index contributed by atoms with van der Waals surface area (Å²) in [5, 5.41) is 7.13. The Balaban J connectivity index is 1.19. The van der Waals surface area contributed by atoms with E-state index < -0.39 is 5.41 Å². The number of hydrogen-bond donors (Lipinski definition) is 0. The highest BCUT2D eigenvalue weighted by Crippen LogP contribution is 2.67. The van der Waals surface area contributed by atoms with Crippen LogP contribution in [0.4, 0.5) is 34.1 Å². The SMILES string of the molecule is C=C/C=C\C1=C(C)C2(c3cc(N(c4ccc(C(C)(C)C)cc4)c4cc(C)cc(C)c4)c4c(sc5ccccc54)c3-c3c2cc(N(c2ccc(C(C)(C)C)cc2)c2cc(C)cc(C)c2)c2oc4ccccc4c32)c2cccc3c4ccccc4n1c23. The topological polar surface area (TPSA) is 24.6 Å². The average Bonchev–Trinajstić information content (AvgIpc) is 1.51. The maximum Gasteiger partial charge on any atom is 0.160 e. The highest BCUT2D eigenvalue weighted by atomic mass is 32.1. The third-order valence-electron chi connectivity index (χ3n) is 18.4. The van der Waals surface area contributed by atoms with Crippen LogP contribution in [0.25, 0.3) is 80.7 Å². The number of furan rings is 1. The summed E-state index contributed by atoms with van der Waals surface area (Å²) in [4.78, 5) is 5.05. The molecule has 416 valence electrons. The number of aromatic nitrogens is 1. The lowest BCUT2D eigenvalue weighted by Gasteiger charge is -2.41. The van der Waals surface area contributed by atoms with Crippen molar-refractivity contribution in [1.29, 1.82) is 0 Å². The van der Waals surface area contributed by atoms with Crippen molar-refractivity contribution in [3.63, 3.8) is 0 Å². The molecule has 15 rings (SSSR count). The quantitative estimate of drug-likeness (QED) is 0.142. The van der Waals surface area contributed by atoms with E-state index in [0.717, 1.165) is 61.8 Å². The van der Waals surface area contributed by atoms with Gasteiger partial charge in [0.1, 0.15) is 5.58 Å². The number of hydrogen-bond acceptors (Lipinski definition) is 4. The van der Waals surface area contributed by atoms with Crippen LogP contribution >= 0.6 is 11.3 Å². The third kappa shape index (κ3) is 7.79. The van der Waals surface area contributed by atoms with Gasteiger partial charge in [0.05, 0.1) is 27.8 Å². The Kier molecular flexibility index (Phi) is 11.7. The second-order valence-electron chi connectivity index (χ2n) is 26.1. The van der Waals surface area contributed by atoms with Gasteiger partial charge in [-0.05, 0) is 186 Å². The van der Waals surface area contributed by atoms with Crippen molar-refractivity contribution in [1.82, 2.24) is 4.57 Å². The van der Waals surface area contributed by atoms with Crippen molar-refractivity contribution in [3.8, 4) is 11.1 Å². The molecule has 85 heavy (non-hydrogen) atoms. The fourth-order valence-corrected chi connectivity index (χ4v) is 16.0. The maximum absolute atomic E-state index is 7.54. The highest BCUT2D eigenvalue weighted by molar-refractivity contribution is 7.26. The lowest BCUT2D eigenvalue weighted by Crippen LogP contribution is -2.33. The number of nitrogens with zero attached hydrogens (tertiary/aromatic N) is 3. The first-order valence-corrected chi connectivity index (χ1v) is 30.7. The standard InChI is InChI=1S/C80H69N3OS/c1-13-14-27-65-51(6)80(62-26-21-25-59-58-22-15-18-28-66(58)83(65)75(59)62)63-46-68(82(57-43-49(4)40-50(5)44-57)55-37-33-53(34-38-55)79(10,11)12)76-72(60-23-16-19-29-69(60)84-76)73(63)74-64(80)45-67(71-61-24-17-20-30-70(61)85-77(71)74)81(56-41-47(2)39-48(3)42-56)54-35-31-52(32-36-54)78(7,8)9/h13-46H,1H2,2-12H3/b27-14-. The van der Waals surface area contributed by atoms with Gasteiger partial charge >= 0.3 is 0 Å². The third-order valence-corrected chi connectivity index (χ3v) is 19.6. The zero-order valence-electron chi connectivity index (χ0n) is 50.5. The molecule has 3 aromatic heterocycles. The van der Waals surface area contributed by atoms with Crippen molar-refractivity contribution >= 4 is 115 Å². The molecule has 0 N–H and O–H groups in total. The van der Waals surface area contributed by atoms with Crippen LogP contribution in [0.1, 0.15) is 98.5 Å². The number of fused-ring (bicyclic) bond motifs is 17. The summed E-state index contributed by atoms with van der Waals surface area (Å²) in [6, 6.07) is 71.7. The molecule has 1 aliphatic heterocycles. The molecule has 0 saturated heterocycles. The minimum absolute atomic E-state index is 0.0248. The molecule has 0 saturated carbocycles. The summed E-state index contributed by atoms with van der Waals surface area (Å²) in [5.41, 5.74) is 25.6. The smallest absolute Gasteiger partial charge is 0.160 e. The van der Waals surface area contributed by atoms with E-state index >= 15 is 0 Å². The molecule has 0 fully saturated rings. The van der Waals surface area contributed by atoms with Crippen LogP contribution in [0.5, 0.6) is 0 Å². The number of rotatable bonds is 8. The molecule has 5 heteroatoms. The summed E-state index contributed by atoms with van der Waals surface area (Å²) in [7, 11) is 0. The Morgan fingerprint density at radius 1 is 0.494 bits per heavy atom. The van der Waals surface area contributed by atoms with Crippen LogP contribution in [-0.2, 0) is 16.2 Å². The number of aryl methyl sites for hydroxylation is 4. The van der Waals surface area contributed by atoms with Crippen molar-refractivity contribution in [3.05, 3.63) is 269 Å². The minimum atomic E-state index is -0.871. The van der Waals surface area contributed by atoms with Crippen molar-refractivity contribution < 1.29 is 4.42 Å². The first-order valence-electron chi connectivity index (χ1n) is 29.9. The van der Waals surface area contributed by atoms with Gasteiger partial charge in [-0.3, -0.25) is 0 Å². The van der Waals surface area contributed by atoms with E-state index in [1.54, 1.807) is 0 Å². The first-order chi connectivity index (χ1) is 40.9. The minimum Gasteiger partial charge on any atom is -0.454 e. The second-order valence-corrected chi connectivity index (χ2v) is 27.2. The Morgan fingerprint density at radius 2 is 1.02 bits per heavy atom. The van der Waals surface area contributed by atoms with E-state index in [-0.39, 0.29) is 10.8 Å². The van der Waals surface area contributed by atoms with Gasteiger partial charge in [0.25, 0.3) is 0 Å². The summed E-state index contributed by atoms with van der Waals surface area (Å²) in [6.45, 7) is 29.4. The molecule has 1 spiro atoms. The molecule has 0 bridgehead atoms. The van der Waals surface area contributed by atoms with Gasteiger partial charge in [0.15, 0.2) is 5.58 Å². The largest absolute Gasteiger partial charge is 0.454 e. The van der Waals surface area contributed by atoms with E-state index in [4.69, 9.17) is 4.42 Å². The molecule has 4 nitrogen and oxygen atoms in total. The molecular weight excluding hydrogens is 1050 g/mol. The Morgan fingerprint density at radius 3 is 1.64 bits per heavy atom. The van der Waals surface area contributed by atoms with Gasteiger partial charge in [0, 0.05) is 81.3 Å². The van der Waals surface area contributed by atoms with Gasteiger partial charge < -0.3 is 18.8 Å². The molecule has 1 unspecified atom stereocenters. The Hall–Kier alpha value is -9.16. The molecule has 4 heterocycles. The number of benzene rings is 10. The lowest BCUT2D eigenvalue weighted by atomic mass is 9.65. The molecule has 1 aliphatic carbocycles. The predicted molar refractivity (Wildman–Crippen MR) is 365 cm³/mol. The monoisotopic (exact) mass is 1120 g/mol. The fraction of sp³-hybridized carbons (Fsp3) is 0.175. The Bertz CT molecular complexity index is 5000. The number of para-hydroxylation sites is 3. The fourth-order valence-electron chi connectivity index (χ4n) is 14.8. The number of allylic oxidation sites excluding steroid dienone is 5. The summed E-state index contributed by atoms with van der Waals surface area (Å²) >= 11 is 1.92. The molecule has 10 aromatic carbocycles. The average molecular weight is 1120 g/mol. The molecule has 0 amide bonds. The van der Waals surface area contributed by atoms with Gasteiger partial charge in [-0.2, -0.15) is 0 Å². The van der Waals surface area contributed by atoms with Crippen LogP contribution in [0.3, 0.4) is 0 Å². The zero-order valence-corrected chi connectivity index (χ0v) is 51.3. The molecular formula is C80H69N3OS. The van der Waals surface area contributed by atoms with Crippen LogP contribution in [-0.4, -0.2) is 4.57 Å². The van der Waals surface area contributed by atoms with Crippen LogP contribution in [0.2, 0.25) is 0 Å². The lowest BCUT2D eigenvalue weighted by molar-refractivity contribution is 0.590. The summed E-state index contributed by atoms with van der Waals surface area (Å²) in [5.74, 6) is 0. The van der Waals surface area contributed by atoms with Crippen LogP contribution < -0.4 is 9.80 Å². The van der Waals surface area contributed by atoms with E-state index in [1.165, 1.54) is 109 Å². The van der Waals surface area contributed by atoms with E-state index in [2.05, 4.69) is 297 Å². The van der Waals surface area contributed by atoms with E-state index in [0.29, 0.717) is 0 Å². The summed E-state index contributed by atoms with van der Waals surface area (Å²) < 4.78 is 12.6. The van der Waals surface area contributed by atoms with Gasteiger partial charge in [-0.15, -0.1) is 11.3 Å². The zero-order chi connectivity index (χ0) is 58.6. The first kappa shape index (κ1) is 52.6. The van der Waals surface area contributed by atoms with Crippen molar-refractivity contribution in [2.45, 2.75) is 92.4 Å². The summed E-state index contributed by atoms with van der Waals surface area (Å²) in [6.07, 6.45) is 6.36. The molecule has 0 radical (unpaired) electrons. The van der Waals surface area contributed by atoms with E-state index in [1.807, 2.05) is 17.4 Å². The second kappa shape index (κ2) is 18.9. The predicted octanol–water partition coefficient (Wildman–Crippen LogP) is 23.1. The van der Waals surface area contributed by atoms with Gasteiger partial charge in [-0.25, -0.2) is 0 Å². The van der Waals surface area contributed by atoms with Crippen LogP contribution in [0.15, 0.2) is 223 Å². The Labute approximate surface area is 502 Å². The van der Waals surface area contributed by atoms with Gasteiger partial charge in [-0.1, -0.05) is 169 Å². The number of anilines is 6. The maximum atomic E-state index is 7.54. The molecule has 13 aromatic rings. The highest BCUT2D eigenvalue weighted by Gasteiger charge is 2.53. The van der Waals surface area contributed by atoms with Crippen molar-refractivity contribution in [2.75, 3.05) is 9.80 Å². The van der Waals surface area contributed by atoms with Crippen LogP contribution in [0, 0.1) is 27.7 Å². The molecule has 1 atom stereocenters. The van der Waals surface area contributed by atoms with Gasteiger partial charge in [0.2, 0.25) is 0 Å². The normalized spacial score (nSPS) is 15.0. The van der Waals surface area contributed by atoms with E-state index in [9.17, 15) is 0 Å². The molecule has 2 aliphatic rings. The number of thiophene rings is 1.